The van der Waals surface area contributed by atoms with Gasteiger partial charge >= 0.3 is 12.1 Å². The molecule has 0 aliphatic rings. The molecule has 0 saturated heterocycles. The molecule has 0 aromatic rings. The van der Waals surface area contributed by atoms with Crippen LogP contribution in [0.5, 0.6) is 0 Å². The van der Waals surface area contributed by atoms with Crippen LogP contribution in [0.2, 0.25) is 0 Å². The van der Waals surface area contributed by atoms with Crippen molar-refractivity contribution in [3.8, 4) is 0 Å². The predicted molar refractivity (Wildman–Crippen MR) is 84.9 cm³/mol. The van der Waals surface area contributed by atoms with Crippen molar-refractivity contribution in [2.45, 2.75) is 52.6 Å². The summed E-state index contributed by atoms with van der Waals surface area (Å²) in [5.74, 6) is -0.394. The van der Waals surface area contributed by atoms with Gasteiger partial charge in [0.25, 0.3) is 0 Å². The zero-order valence-electron chi connectivity index (χ0n) is 13.9. The number of halogens is 1. The molecule has 0 heterocycles. The van der Waals surface area contributed by atoms with E-state index < -0.39 is 11.7 Å². The number of esters is 1. The molecule has 1 atom stereocenters. The Morgan fingerprint density at radius 2 is 1.95 bits per heavy atom. The summed E-state index contributed by atoms with van der Waals surface area (Å²) in [6.45, 7) is 8.91. The fourth-order valence-corrected chi connectivity index (χ4v) is 1.81. The standard InChI is InChI=1S/C15H28ClNO5/c1-5-8-20-10-12(9-13(18)21-11-16)6-7-17-14(19)22-15(2,3)4/h12H,5-11H2,1-4H3,(H,17,19). The van der Waals surface area contributed by atoms with Gasteiger partial charge in [-0.2, -0.15) is 0 Å². The fourth-order valence-electron chi connectivity index (χ4n) is 1.69. The first-order chi connectivity index (χ1) is 10.3. The van der Waals surface area contributed by atoms with E-state index in [2.05, 4.69) is 5.32 Å². The normalized spacial score (nSPS) is 12.6. The Kier molecular flexibility index (Phi) is 11.0. The molecule has 0 rings (SSSR count). The quantitative estimate of drug-likeness (QED) is 0.377. The van der Waals surface area contributed by atoms with Crippen molar-refractivity contribution in [1.29, 1.82) is 0 Å². The first-order valence-electron chi connectivity index (χ1n) is 7.54. The Morgan fingerprint density at radius 1 is 1.27 bits per heavy atom. The largest absolute Gasteiger partial charge is 0.449 e. The molecule has 0 saturated carbocycles. The minimum absolute atomic E-state index is 0.0304. The summed E-state index contributed by atoms with van der Waals surface area (Å²) in [6, 6.07) is -0.155. The van der Waals surface area contributed by atoms with Crippen LogP contribution in [-0.2, 0) is 19.0 Å². The summed E-state index contributed by atoms with van der Waals surface area (Å²) in [7, 11) is 0. The molecule has 0 radical (unpaired) electrons. The summed E-state index contributed by atoms with van der Waals surface area (Å²) in [5, 5.41) is 2.67. The lowest BCUT2D eigenvalue weighted by Gasteiger charge is -2.20. The van der Waals surface area contributed by atoms with Crippen LogP contribution in [0, 0.1) is 5.92 Å². The number of rotatable bonds is 10. The third-order valence-electron chi connectivity index (χ3n) is 2.59. The maximum absolute atomic E-state index is 11.6. The van der Waals surface area contributed by atoms with Gasteiger partial charge in [-0.1, -0.05) is 18.5 Å². The summed E-state index contributed by atoms with van der Waals surface area (Å²) < 4.78 is 15.4. The van der Waals surface area contributed by atoms with Gasteiger partial charge in [-0.05, 0) is 39.5 Å². The van der Waals surface area contributed by atoms with Crippen molar-refractivity contribution >= 4 is 23.7 Å². The molecular formula is C15H28ClNO5. The second-order valence-corrected chi connectivity index (χ2v) is 6.21. The van der Waals surface area contributed by atoms with E-state index in [4.69, 9.17) is 25.8 Å². The van der Waals surface area contributed by atoms with Crippen molar-refractivity contribution in [3.05, 3.63) is 0 Å². The van der Waals surface area contributed by atoms with E-state index in [0.29, 0.717) is 26.2 Å². The van der Waals surface area contributed by atoms with Gasteiger partial charge in [0.15, 0.2) is 6.07 Å². The van der Waals surface area contributed by atoms with Gasteiger partial charge in [0.1, 0.15) is 5.60 Å². The third-order valence-corrected chi connectivity index (χ3v) is 2.70. The SMILES string of the molecule is CCCOCC(CCNC(=O)OC(C)(C)C)CC(=O)OCCl. The average molecular weight is 338 g/mol. The summed E-state index contributed by atoms with van der Waals surface area (Å²) >= 11 is 5.37. The number of hydrogen-bond acceptors (Lipinski definition) is 5. The third kappa shape index (κ3) is 12.7. The lowest BCUT2D eigenvalue weighted by molar-refractivity contribution is -0.143. The molecule has 0 aromatic heterocycles. The topological polar surface area (TPSA) is 73.9 Å². The smallest absolute Gasteiger partial charge is 0.407 e. The maximum Gasteiger partial charge on any atom is 0.407 e. The Hall–Kier alpha value is -1.01. The molecule has 130 valence electrons. The van der Waals surface area contributed by atoms with Gasteiger partial charge in [0.2, 0.25) is 0 Å². The van der Waals surface area contributed by atoms with E-state index in [1.165, 1.54) is 0 Å². The Bertz CT molecular complexity index is 330. The number of alkyl carbamates (subject to hydrolysis) is 1. The van der Waals surface area contributed by atoms with Crippen LogP contribution in [0.3, 0.4) is 0 Å². The fraction of sp³-hybridized carbons (Fsp3) is 0.867. The van der Waals surface area contributed by atoms with Crippen LogP contribution in [0.4, 0.5) is 4.79 Å². The number of nitrogens with one attached hydrogen (secondary N) is 1. The van der Waals surface area contributed by atoms with E-state index in [1.54, 1.807) is 20.8 Å². The van der Waals surface area contributed by atoms with Crippen LogP contribution in [0.25, 0.3) is 0 Å². The number of amides is 1. The highest BCUT2D eigenvalue weighted by molar-refractivity contribution is 6.17. The van der Waals surface area contributed by atoms with Gasteiger partial charge in [-0.25, -0.2) is 4.79 Å². The van der Waals surface area contributed by atoms with E-state index in [1.807, 2.05) is 6.92 Å². The average Bonchev–Trinajstić information content (AvgIpc) is 2.36. The van der Waals surface area contributed by atoms with Gasteiger partial charge in [-0.3, -0.25) is 4.79 Å². The molecule has 1 N–H and O–H groups in total. The number of ether oxygens (including phenoxy) is 3. The van der Waals surface area contributed by atoms with E-state index in [-0.39, 0.29) is 24.4 Å². The zero-order chi connectivity index (χ0) is 17.0. The minimum atomic E-state index is -0.530. The highest BCUT2D eigenvalue weighted by atomic mass is 35.5. The molecule has 0 bridgehead atoms. The minimum Gasteiger partial charge on any atom is -0.449 e. The van der Waals surface area contributed by atoms with Gasteiger partial charge in [0.05, 0.1) is 13.0 Å². The molecular weight excluding hydrogens is 310 g/mol. The van der Waals surface area contributed by atoms with E-state index in [9.17, 15) is 9.59 Å². The van der Waals surface area contributed by atoms with Crippen molar-refractivity contribution in [2.24, 2.45) is 5.92 Å². The van der Waals surface area contributed by atoms with Crippen molar-refractivity contribution in [3.63, 3.8) is 0 Å². The predicted octanol–water partition coefficient (Wildman–Crippen LogP) is 3.07. The highest BCUT2D eigenvalue weighted by Gasteiger charge is 2.18. The van der Waals surface area contributed by atoms with Crippen molar-refractivity contribution in [1.82, 2.24) is 5.32 Å². The molecule has 0 spiro atoms. The Morgan fingerprint density at radius 3 is 2.50 bits per heavy atom. The van der Waals surface area contributed by atoms with E-state index >= 15 is 0 Å². The first-order valence-corrected chi connectivity index (χ1v) is 8.08. The first kappa shape index (κ1) is 21.0. The molecule has 6 nitrogen and oxygen atoms in total. The number of hydrogen-bond donors (Lipinski definition) is 1. The van der Waals surface area contributed by atoms with Crippen molar-refractivity contribution < 1.29 is 23.8 Å². The second kappa shape index (κ2) is 11.5. The maximum atomic E-state index is 11.6. The Labute approximate surface area is 137 Å². The molecule has 7 heteroatoms. The lowest BCUT2D eigenvalue weighted by atomic mass is 10.0. The van der Waals surface area contributed by atoms with Crippen LogP contribution >= 0.6 is 11.6 Å². The van der Waals surface area contributed by atoms with Crippen LogP contribution in [-0.4, -0.2) is 43.5 Å². The molecule has 0 fully saturated rings. The number of alkyl halides is 1. The zero-order valence-corrected chi connectivity index (χ0v) is 14.7. The van der Waals surface area contributed by atoms with Gasteiger partial charge < -0.3 is 19.5 Å². The number of carbonyl (C=O) groups is 2. The molecule has 0 aliphatic carbocycles. The highest BCUT2D eigenvalue weighted by Crippen LogP contribution is 2.11. The second-order valence-electron chi connectivity index (χ2n) is 5.99. The summed E-state index contributed by atoms with van der Waals surface area (Å²) in [4.78, 5) is 23.0. The van der Waals surface area contributed by atoms with Crippen LogP contribution in [0.15, 0.2) is 0 Å². The lowest BCUT2D eigenvalue weighted by Crippen LogP contribution is -2.34. The van der Waals surface area contributed by atoms with Crippen LogP contribution in [0.1, 0.15) is 47.0 Å². The monoisotopic (exact) mass is 337 g/mol. The van der Waals surface area contributed by atoms with E-state index in [0.717, 1.165) is 6.42 Å². The Balaban J connectivity index is 4.15. The van der Waals surface area contributed by atoms with Crippen LogP contribution < -0.4 is 5.32 Å². The molecule has 1 amide bonds. The molecule has 0 aromatic carbocycles. The summed E-state index contributed by atoms with van der Waals surface area (Å²) in [5.41, 5.74) is -0.530. The van der Waals surface area contributed by atoms with Gasteiger partial charge in [0, 0.05) is 13.2 Å². The molecule has 0 aliphatic heterocycles. The van der Waals surface area contributed by atoms with Crippen molar-refractivity contribution in [2.75, 3.05) is 25.8 Å². The summed E-state index contributed by atoms with van der Waals surface area (Å²) in [6.07, 6.45) is 1.26. The number of carbonyl (C=O) groups excluding carboxylic acids is 2. The molecule has 1 unspecified atom stereocenters. The molecule has 22 heavy (non-hydrogen) atoms. The van der Waals surface area contributed by atoms with Gasteiger partial charge in [-0.15, -0.1) is 0 Å².